The first-order valence-corrected chi connectivity index (χ1v) is 6.61. The van der Waals surface area contributed by atoms with Gasteiger partial charge in [-0.3, -0.25) is 0 Å². The van der Waals surface area contributed by atoms with Crippen molar-refractivity contribution in [1.82, 2.24) is 5.32 Å². The van der Waals surface area contributed by atoms with E-state index in [9.17, 15) is 5.26 Å². The van der Waals surface area contributed by atoms with Crippen molar-refractivity contribution in [3.05, 3.63) is 29.8 Å². The molecular formula is C15H21N3. The SMILES string of the molecule is CNC(C)(C#N)CN1CCCCc2ccccc21. The predicted molar refractivity (Wildman–Crippen MR) is 74.7 cm³/mol. The van der Waals surface area contributed by atoms with Crippen LogP contribution in [0.1, 0.15) is 25.3 Å². The lowest BCUT2D eigenvalue weighted by Gasteiger charge is -2.32. The molecule has 0 aromatic heterocycles. The van der Waals surface area contributed by atoms with Gasteiger partial charge in [-0.05, 0) is 44.9 Å². The van der Waals surface area contributed by atoms with Gasteiger partial charge >= 0.3 is 0 Å². The Bertz CT molecular complexity index is 449. The molecule has 2 rings (SSSR count). The van der Waals surface area contributed by atoms with E-state index in [1.165, 1.54) is 24.1 Å². The maximum atomic E-state index is 9.30. The highest BCUT2D eigenvalue weighted by molar-refractivity contribution is 5.55. The Kier molecular flexibility index (Phi) is 3.88. The van der Waals surface area contributed by atoms with Gasteiger partial charge in [-0.15, -0.1) is 0 Å². The van der Waals surface area contributed by atoms with Crippen molar-refractivity contribution in [2.24, 2.45) is 0 Å². The Labute approximate surface area is 109 Å². The van der Waals surface area contributed by atoms with Gasteiger partial charge < -0.3 is 10.2 Å². The summed E-state index contributed by atoms with van der Waals surface area (Å²) >= 11 is 0. The topological polar surface area (TPSA) is 39.1 Å². The molecule has 1 aromatic carbocycles. The van der Waals surface area contributed by atoms with Crippen LogP contribution in [0.3, 0.4) is 0 Å². The van der Waals surface area contributed by atoms with E-state index < -0.39 is 5.54 Å². The van der Waals surface area contributed by atoms with Gasteiger partial charge in [0.1, 0.15) is 5.54 Å². The number of para-hydroxylation sites is 1. The van der Waals surface area contributed by atoms with E-state index in [-0.39, 0.29) is 0 Å². The van der Waals surface area contributed by atoms with Crippen molar-refractivity contribution in [2.45, 2.75) is 31.7 Å². The lowest BCUT2D eigenvalue weighted by Crippen LogP contribution is -2.49. The van der Waals surface area contributed by atoms with E-state index in [0.717, 1.165) is 19.5 Å². The van der Waals surface area contributed by atoms with Gasteiger partial charge in [-0.25, -0.2) is 0 Å². The fourth-order valence-electron chi connectivity index (χ4n) is 2.49. The molecule has 1 N–H and O–H groups in total. The highest BCUT2D eigenvalue weighted by atomic mass is 15.2. The van der Waals surface area contributed by atoms with Crippen LogP contribution in [0.5, 0.6) is 0 Å². The maximum absolute atomic E-state index is 9.30. The van der Waals surface area contributed by atoms with Crippen molar-refractivity contribution in [2.75, 3.05) is 25.0 Å². The summed E-state index contributed by atoms with van der Waals surface area (Å²) in [5.74, 6) is 0. The summed E-state index contributed by atoms with van der Waals surface area (Å²) in [7, 11) is 1.85. The van der Waals surface area contributed by atoms with E-state index in [1.54, 1.807) is 0 Å². The summed E-state index contributed by atoms with van der Waals surface area (Å²) in [5.41, 5.74) is 2.22. The van der Waals surface area contributed by atoms with Crippen LogP contribution in [0.4, 0.5) is 5.69 Å². The first kappa shape index (κ1) is 12.9. The number of nitriles is 1. The van der Waals surface area contributed by atoms with Gasteiger partial charge in [-0.1, -0.05) is 18.2 Å². The third-order valence-corrected chi connectivity index (χ3v) is 3.76. The van der Waals surface area contributed by atoms with Gasteiger partial charge in [0.2, 0.25) is 0 Å². The Morgan fingerprint density at radius 1 is 1.39 bits per heavy atom. The standard InChI is InChI=1S/C15H21N3/c1-15(11-16,17-2)12-18-10-6-5-8-13-7-3-4-9-14(13)18/h3-4,7,9,17H,5-6,8,10,12H2,1-2H3. The first-order valence-electron chi connectivity index (χ1n) is 6.61. The molecule has 1 aliphatic heterocycles. The molecule has 0 saturated carbocycles. The molecule has 1 heterocycles. The number of rotatable bonds is 3. The highest BCUT2D eigenvalue weighted by Gasteiger charge is 2.26. The van der Waals surface area contributed by atoms with Crippen LogP contribution in [0.25, 0.3) is 0 Å². The van der Waals surface area contributed by atoms with E-state index in [2.05, 4.69) is 40.6 Å². The Balaban J connectivity index is 2.26. The van der Waals surface area contributed by atoms with Gasteiger partial charge in [0, 0.05) is 18.8 Å². The number of hydrogen-bond donors (Lipinski definition) is 1. The summed E-state index contributed by atoms with van der Waals surface area (Å²) in [6.07, 6.45) is 3.58. The zero-order valence-corrected chi connectivity index (χ0v) is 11.2. The molecule has 0 fully saturated rings. The van der Waals surface area contributed by atoms with E-state index in [1.807, 2.05) is 14.0 Å². The number of benzene rings is 1. The minimum atomic E-state index is -0.489. The molecular weight excluding hydrogens is 222 g/mol. The number of hydrogen-bond acceptors (Lipinski definition) is 3. The molecule has 0 amide bonds. The van der Waals surface area contributed by atoms with Crippen LogP contribution < -0.4 is 10.2 Å². The second-order valence-corrected chi connectivity index (χ2v) is 5.20. The van der Waals surface area contributed by atoms with Gasteiger partial charge in [0.15, 0.2) is 0 Å². The molecule has 1 aromatic rings. The summed E-state index contributed by atoms with van der Waals surface area (Å²) in [6.45, 7) is 3.73. The molecule has 0 radical (unpaired) electrons. The van der Waals surface area contributed by atoms with Crippen molar-refractivity contribution in [3.63, 3.8) is 0 Å². The summed E-state index contributed by atoms with van der Waals surface area (Å²) in [4.78, 5) is 2.35. The number of nitrogens with one attached hydrogen (secondary N) is 1. The Morgan fingerprint density at radius 2 is 2.17 bits per heavy atom. The lowest BCUT2D eigenvalue weighted by atomic mass is 10.0. The largest absolute Gasteiger partial charge is 0.368 e. The zero-order chi connectivity index (χ0) is 13.0. The highest BCUT2D eigenvalue weighted by Crippen LogP contribution is 2.27. The second kappa shape index (κ2) is 5.41. The molecule has 1 atom stereocenters. The predicted octanol–water partition coefficient (Wildman–Crippen LogP) is 2.33. The third-order valence-electron chi connectivity index (χ3n) is 3.76. The van der Waals surface area contributed by atoms with Crippen LogP contribution in [-0.4, -0.2) is 25.7 Å². The van der Waals surface area contributed by atoms with Crippen LogP contribution in [0.15, 0.2) is 24.3 Å². The van der Waals surface area contributed by atoms with Crippen LogP contribution in [0, 0.1) is 11.3 Å². The third kappa shape index (κ3) is 2.65. The van der Waals surface area contributed by atoms with Crippen molar-refractivity contribution in [1.29, 1.82) is 5.26 Å². The molecule has 96 valence electrons. The molecule has 3 heteroatoms. The van der Waals surface area contributed by atoms with Gasteiger partial charge in [-0.2, -0.15) is 5.26 Å². The van der Waals surface area contributed by atoms with E-state index >= 15 is 0 Å². The molecule has 0 aliphatic carbocycles. The quantitative estimate of drug-likeness (QED) is 0.885. The number of likely N-dealkylation sites (N-methyl/N-ethyl adjacent to an activating group) is 1. The Hall–Kier alpha value is -1.53. The molecule has 0 saturated heterocycles. The van der Waals surface area contributed by atoms with Gasteiger partial charge in [0.05, 0.1) is 6.07 Å². The zero-order valence-electron chi connectivity index (χ0n) is 11.2. The minimum Gasteiger partial charge on any atom is -0.368 e. The molecule has 1 aliphatic rings. The number of aryl methyl sites for hydroxylation is 1. The molecule has 3 nitrogen and oxygen atoms in total. The summed E-state index contributed by atoms with van der Waals surface area (Å²) < 4.78 is 0. The molecule has 18 heavy (non-hydrogen) atoms. The molecule has 0 bridgehead atoms. The molecule has 0 spiro atoms. The van der Waals surface area contributed by atoms with Crippen LogP contribution in [-0.2, 0) is 6.42 Å². The average Bonchev–Trinajstić information content (AvgIpc) is 2.61. The summed E-state index contributed by atoms with van der Waals surface area (Å²) in [6, 6.07) is 10.9. The molecule has 1 unspecified atom stereocenters. The van der Waals surface area contributed by atoms with Crippen molar-refractivity contribution in [3.8, 4) is 6.07 Å². The number of fused-ring (bicyclic) bond motifs is 1. The lowest BCUT2D eigenvalue weighted by molar-refractivity contribution is 0.480. The second-order valence-electron chi connectivity index (χ2n) is 5.20. The fraction of sp³-hybridized carbons (Fsp3) is 0.533. The Morgan fingerprint density at radius 3 is 2.89 bits per heavy atom. The normalized spacial score (nSPS) is 18.4. The fourth-order valence-corrected chi connectivity index (χ4v) is 2.49. The average molecular weight is 243 g/mol. The smallest absolute Gasteiger partial charge is 0.121 e. The van der Waals surface area contributed by atoms with E-state index in [0.29, 0.717) is 0 Å². The van der Waals surface area contributed by atoms with Crippen LogP contribution >= 0.6 is 0 Å². The van der Waals surface area contributed by atoms with Gasteiger partial charge in [0.25, 0.3) is 0 Å². The number of nitrogens with zero attached hydrogens (tertiary/aromatic N) is 2. The van der Waals surface area contributed by atoms with Crippen molar-refractivity contribution >= 4 is 5.69 Å². The van der Waals surface area contributed by atoms with Crippen LogP contribution in [0.2, 0.25) is 0 Å². The monoisotopic (exact) mass is 243 g/mol. The summed E-state index contributed by atoms with van der Waals surface area (Å²) in [5, 5.41) is 12.4. The first-order chi connectivity index (χ1) is 8.68. The number of anilines is 1. The van der Waals surface area contributed by atoms with E-state index in [4.69, 9.17) is 0 Å². The minimum absolute atomic E-state index is 0.489. The maximum Gasteiger partial charge on any atom is 0.121 e. The van der Waals surface area contributed by atoms with Crippen molar-refractivity contribution < 1.29 is 0 Å².